The van der Waals surface area contributed by atoms with Crippen LogP contribution in [0.1, 0.15) is 66.0 Å². The SMILES string of the molecule is Cc1ccc2nc(N3CCC4(C=C(c5c(-c6c(C)cccc6C)noc5C5CC5)C4)CC3)sc2c1. The summed E-state index contributed by atoms with van der Waals surface area (Å²) >= 11 is 1.84. The minimum absolute atomic E-state index is 0.315. The lowest BCUT2D eigenvalue weighted by molar-refractivity contribution is 0.277. The van der Waals surface area contributed by atoms with Gasteiger partial charge in [-0.15, -0.1) is 0 Å². The van der Waals surface area contributed by atoms with Gasteiger partial charge in [0.15, 0.2) is 5.13 Å². The Bertz CT molecular complexity index is 1460. The van der Waals surface area contributed by atoms with Gasteiger partial charge in [-0.1, -0.05) is 46.8 Å². The Morgan fingerprint density at radius 3 is 2.46 bits per heavy atom. The van der Waals surface area contributed by atoms with Crippen molar-refractivity contribution >= 4 is 32.3 Å². The van der Waals surface area contributed by atoms with E-state index < -0.39 is 0 Å². The Balaban J connectivity index is 1.16. The number of nitrogens with zero attached hydrogens (tertiary/aromatic N) is 3. The highest BCUT2D eigenvalue weighted by atomic mass is 32.1. The highest BCUT2D eigenvalue weighted by molar-refractivity contribution is 7.22. The number of hydrogen-bond acceptors (Lipinski definition) is 5. The number of aromatic nitrogens is 2. The summed E-state index contributed by atoms with van der Waals surface area (Å²) in [4.78, 5) is 7.43. The molecule has 0 unspecified atom stereocenters. The average molecular weight is 482 g/mol. The number of thiazole rings is 1. The fraction of sp³-hybridized carbons (Fsp3) is 0.400. The van der Waals surface area contributed by atoms with Crippen molar-refractivity contribution in [2.75, 3.05) is 18.0 Å². The molecule has 0 N–H and O–H groups in total. The lowest BCUT2D eigenvalue weighted by Gasteiger charge is -2.46. The molecule has 4 nitrogen and oxygen atoms in total. The van der Waals surface area contributed by atoms with Gasteiger partial charge in [0.2, 0.25) is 0 Å². The molecule has 3 heterocycles. The number of fused-ring (bicyclic) bond motifs is 1. The zero-order chi connectivity index (χ0) is 23.7. The Morgan fingerprint density at radius 1 is 1.00 bits per heavy atom. The first-order valence-electron chi connectivity index (χ1n) is 12.9. The van der Waals surface area contributed by atoms with Crippen LogP contribution >= 0.6 is 11.3 Å². The predicted molar refractivity (Wildman–Crippen MR) is 144 cm³/mol. The van der Waals surface area contributed by atoms with Gasteiger partial charge in [0.1, 0.15) is 11.5 Å². The van der Waals surface area contributed by atoms with Gasteiger partial charge in [0, 0.05) is 30.1 Å². The van der Waals surface area contributed by atoms with Gasteiger partial charge in [0.05, 0.1) is 10.2 Å². The normalized spacial score (nSPS) is 19.3. The molecule has 0 bridgehead atoms. The number of hydrogen-bond donors (Lipinski definition) is 0. The lowest BCUT2D eigenvalue weighted by atomic mass is 9.63. The Morgan fingerprint density at radius 2 is 1.74 bits per heavy atom. The number of allylic oxidation sites excluding steroid dienone is 2. The van der Waals surface area contributed by atoms with Crippen molar-refractivity contribution in [1.29, 1.82) is 0 Å². The fourth-order valence-corrected chi connectivity index (χ4v) is 7.21. The molecule has 2 aromatic heterocycles. The van der Waals surface area contributed by atoms with Crippen molar-refractivity contribution in [2.24, 2.45) is 5.41 Å². The van der Waals surface area contributed by atoms with Crippen LogP contribution in [-0.4, -0.2) is 23.2 Å². The van der Waals surface area contributed by atoms with Crippen LogP contribution in [0.15, 0.2) is 47.0 Å². The third-order valence-corrected chi connectivity index (χ3v) is 9.37. The van der Waals surface area contributed by atoms with E-state index in [1.165, 1.54) is 68.9 Å². The van der Waals surface area contributed by atoms with E-state index in [9.17, 15) is 0 Å². The predicted octanol–water partition coefficient (Wildman–Crippen LogP) is 7.83. The molecule has 2 aliphatic carbocycles. The highest BCUT2D eigenvalue weighted by Gasteiger charge is 2.44. The molecule has 1 aliphatic heterocycles. The first-order chi connectivity index (χ1) is 17.0. The van der Waals surface area contributed by atoms with Gasteiger partial charge < -0.3 is 9.42 Å². The van der Waals surface area contributed by atoms with Crippen LogP contribution in [0.4, 0.5) is 5.13 Å². The summed E-state index contributed by atoms with van der Waals surface area (Å²) in [5, 5.41) is 5.83. The van der Waals surface area contributed by atoms with Crippen molar-refractivity contribution in [3.05, 3.63) is 70.5 Å². The molecule has 5 heteroatoms. The molecule has 3 aliphatic rings. The summed E-state index contributed by atoms with van der Waals surface area (Å²) < 4.78 is 7.32. The van der Waals surface area contributed by atoms with Crippen molar-refractivity contribution < 1.29 is 4.52 Å². The molecule has 0 radical (unpaired) electrons. The van der Waals surface area contributed by atoms with Crippen LogP contribution in [0, 0.1) is 26.2 Å². The van der Waals surface area contributed by atoms with Gasteiger partial charge in [-0.2, -0.15) is 0 Å². The molecule has 1 saturated heterocycles. The van der Waals surface area contributed by atoms with Crippen molar-refractivity contribution in [3.8, 4) is 11.3 Å². The van der Waals surface area contributed by atoms with E-state index in [4.69, 9.17) is 9.51 Å². The van der Waals surface area contributed by atoms with Crippen LogP contribution in [0.25, 0.3) is 27.0 Å². The summed E-state index contributed by atoms with van der Waals surface area (Å²) in [5.74, 6) is 1.68. The zero-order valence-corrected chi connectivity index (χ0v) is 21.5. The minimum atomic E-state index is 0.315. The number of rotatable bonds is 4. The van der Waals surface area contributed by atoms with E-state index >= 15 is 0 Å². The molecular weight excluding hydrogens is 450 g/mol. The maximum Gasteiger partial charge on any atom is 0.186 e. The molecule has 2 aromatic carbocycles. The molecule has 178 valence electrons. The van der Waals surface area contributed by atoms with Gasteiger partial charge in [-0.05, 0) is 92.7 Å². The van der Waals surface area contributed by atoms with E-state index in [1.807, 2.05) is 11.3 Å². The topological polar surface area (TPSA) is 42.2 Å². The summed E-state index contributed by atoms with van der Waals surface area (Å²) in [6, 6.07) is 13.1. The highest BCUT2D eigenvalue weighted by Crippen LogP contribution is 2.56. The number of aryl methyl sites for hydroxylation is 3. The van der Waals surface area contributed by atoms with Gasteiger partial charge in [0.25, 0.3) is 0 Å². The molecule has 0 atom stereocenters. The van der Waals surface area contributed by atoms with E-state index in [0.717, 1.165) is 36.5 Å². The number of piperidine rings is 1. The van der Waals surface area contributed by atoms with Crippen LogP contribution in [0.3, 0.4) is 0 Å². The third kappa shape index (κ3) is 3.55. The van der Waals surface area contributed by atoms with Crippen LogP contribution in [-0.2, 0) is 0 Å². The van der Waals surface area contributed by atoms with Crippen molar-refractivity contribution in [1.82, 2.24) is 10.1 Å². The van der Waals surface area contributed by atoms with Gasteiger partial charge in [-0.3, -0.25) is 0 Å². The van der Waals surface area contributed by atoms with Gasteiger partial charge >= 0.3 is 0 Å². The maximum absolute atomic E-state index is 6.02. The maximum atomic E-state index is 6.02. The Hall–Kier alpha value is -2.92. The average Bonchev–Trinajstić information content (AvgIpc) is 3.44. The molecule has 35 heavy (non-hydrogen) atoms. The largest absolute Gasteiger partial charge is 0.360 e. The zero-order valence-electron chi connectivity index (χ0n) is 20.7. The minimum Gasteiger partial charge on any atom is -0.360 e. The van der Waals surface area contributed by atoms with Crippen LogP contribution in [0.2, 0.25) is 0 Å². The second-order valence-electron chi connectivity index (χ2n) is 11.0. The van der Waals surface area contributed by atoms with E-state index in [1.54, 1.807) is 0 Å². The van der Waals surface area contributed by atoms with Crippen LogP contribution < -0.4 is 4.90 Å². The molecule has 2 fully saturated rings. The molecule has 4 aromatic rings. The number of anilines is 1. The second kappa shape index (κ2) is 7.79. The van der Waals surface area contributed by atoms with Gasteiger partial charge in [-0.25, -0.2) is 4.98 Å². The third-order valence-electron chi connectivity index (χ3n) is 8.29. The molecular formula is C30H31N3OS. The van der Waals surface area contributed by atoms with E-state index in [0.29, 0.717) is 11.3 Å². The second-order valence-corrected chi connectivity index (χ2v) is 12.0. The molecule has 1 saturated carbocycles. The quantitative estimate of drug-likeness (QED) is 0.298. The summed E-state index contributed by atoms with van der Waals surface area (Å²) in [7, 11) is 0. The van der Waals surface area contributed by atoms with Crippen molar-refractivity contribution in [3.63, 3.8) is 0 Å². The number of benzene rings is 2. The van der Waals surface area contributed by atoms with E-state index in [2.05, 4.69) is 73.3 Å². The van der Waals surface area contributed by atoms with Crippen molar-refractivity contribution in [2.45, 2.75) is 58.8 Å². The van der Waals surface area contributed by atoms with Crippen LogP contribution in [0.5, 0.6) is 0 Å². The first-order valence-corrected chi connectivity index (χ1v) is 13.7. The summed E-state index contributed by atoms with van der Waals surface area (Å²) in [6.07, 6.45) is 8.54. The first kappa shape index (κ1) is 21.4. The lowest BCUT2D eigenvalue weighted by Crippen LogP contribution is -2.42. The molecule has 1 spiro atoms. The van der Waals surface area contributed by atoms with E-state index in [-0.39, 0.29) is 0 Å². The Kier molecular flexibility index (Phi) is 4.76. The molecule has 0 amide bonds. The standard InChI is InChI=1S/C30H31N3OS/c1-18-7-10-23-24(15-18)35-29(31-23)33-13-11-30(12-14-33)16-22(17-30)26-27(32-34-28(26)21-8-9-21)25-19(2)5-4-6-20(25)3/h4-7,10,15-16,21H,8-9,11-14,17H2,1-3H3. The summed E-state index contributed by atoms with van der Waals surface area (Å²) in [6.45, 7) is 8.68. The monoisotopic (exact) mass is 481 g/mol. The Labute approximate surface area is 210 Å². The fourth-order valence-electron chi connectivity index (χ4n) is 6.10. The smallest absolute Gasteiger partial charge is 0.186 e. The molecule has 7 rings (SSSR count). The summed E-state index contributed by atoms with van der Waals surface area (Å²) in [5.41, 5.74) is 10.4.